The topological polar surface area (TPSA) is 92.5 Å². The van der Waals surface area contributed by atoms with E-state index in [4.69, 9.17) is 4.74 Å². The quantitative estimate of drug-likeness (QED) is 0.489. The average molecular weight is 406 g/mol. The van der Waals surface area contributed by atoms with Crippen molar-refractivity contribution in [3.63, 3.8) is 0 Å². The van der Waals surface area contributed by atoms with Crippen LogP contribution in [-0.2, 0) is 4.74 Å². The first-order valence-electron chi connectivity index (χ1n) is 9.54. The first kappa shape index (κ1) is 18.3. The number of pyridine rings is 2. The molecule has 0 amide bonds. The van der Waals surface area contributed by atoms with Gasteiger partial charge in [-0.15, -0.1) is 0 Å². The van der Waals surface area contributed by atoms with Gasteiger partial charge in [-0.3, -0.25) is 0 Å². The lowest BCUT2D eigenvalue weighted by atomic mass is 10.3. The molecule has 0 aliphatic carbocycles. The molecule has 4 aromatic rings. The fourth-order valence-electron chi connectivity index (χ4n) is 3.24. The number of ether oxygens (including phenoxy) is 1. The van der Waals surface area contributed by atoms with Crippen molar-refractivity contribution < 1.29 is 9.13 Å². The highest BCUT2D eigenvalue weighted by molar-refractivity contribution is 5.66. The zero-order chi connectivity index (χ0) is 20.3. The second-order valence-corrected chi connectivity index (χ2v) is 6.73. The van der Waals surface area contributed by atoms with E-state index in [9.17, 15) is 4.39 Å². The normalized spacial score (nSPS) is 14.1. The Kier molecular flexibility index (Phi) is 4.81. The van der Waals surface area contributed by atoms with Crippen molar-refractivity contribution >= 4 is 34.6 Å². The lowest BCUT2D eigenvalue weighted by molar-refractivity contribution is 0.122. The number of hydrogen-bond donors (Lipinski definition) is 2. The molecule has 0 saturated carbocycles. The maximum Gasteiger partial charge on any atom is 0.236 e. The average Bonchev–Trinajstić information content (AvgIpc) is 3.24. The SMILES string of the molecule is Fc1ncccc1Nc1nc(Nc2ccn3ccnc3c2)cc(N2CCOCC2)n1. The molecule has 9 nitrogen and oxygen atoms in total. The molecule has 0 radical (unpaired) electrons. The van der Waals surface area contributed by atoms with Crippen molar-refractivity contribution in [1.82, 2.24) is 24.3 Å². The summed E-state index contributed by atoms with van der Waals surface area (Å²) in [6, 6.07) is 8.96. The van der Waals surface area contributed by atoms with Gasteiger partial charge in [0.05, 0.1) is 18.9 Å². The highest BCUT2D eigenvalue weighted by atomic mass is 19.1. The van der Waals surface area contributed by atoms with E-state index in [-0.39, 0.29) is 11.6 Å². The number of rotatable bonds is 5. The molecule has 2 N–H and O–H groups in total. The second kappa shape index (κ2) is 7.91. The molecule has 30 heavy (non-hydrogen) atoms. The van der Waals surface area contributed by atoms with Crippen molar-refractivity contribution in [3.05, 3.63) is 61.1 Å². The van der Waals surface area contributed by atoms with E-state index in [1.54, 1.807) is 18.3 Å². The lowest BCUT2D eigenvalue weighted by Gasteiger charge is -2.28. The van der Waals surface area contributed by atoms with E-state index in [0.29, 0.717) is 19.0 Å². The Labute approximate surface area is 171 Å². The molecular weight excluding hydrogens is 387 g/mol. The van der Waals surface area contributed by atoms with Crippen LogP contribution in [0.25, 0.3) is 5.65 Å². The first-order valence-corrected chi connectivity index (χ1v) is 9.54. The molecular formula is C20H19FN8O. The molecule has 1 aliphatic heterocycles. The standard InChI is InChI=1S/C20H19FN8O/c21-19-15(2-1-4-23-19)25-20-26-16(13-18(27-20)29-8-10-30-11-9-29)24-14-3-6-28-7-5-22-17(28)12-14/h1-7,12-13H,8-11H2,(H2,24,25,26,27). The summed E-state index contributed by atoms with van der Waals surface area (Å²) in [5.41, 5.74) is 1.86. The highest BCUT2D eigenvalue weighted by Gasteiger charge is 2.16. The number of halogens is 1. The maximum absolute atomic E-state index is 14.0. The molecule has 0 unspecified atom stereocenters. The third kappa shape index (κ3) is 3.85. The monoisotopic (exact) mass is 406 g/mol. The summed E-state index contributed by atoms with van der Waals surface area (Å²) >= 11 is 0. The molecule has 152 valence electrons. The van der Waals surface area contributed by atoms with Crippen molar-refractivity contribution in [2.24, 2.45) is 0 Å². The molecule has 10 heteroatoms. The van der Waals surface area contributed by atoms with Crippen LogP contribution in [0.5, 0.6) is 0 Å². The minimum absolute atomic E-state index is 0.210. The molecule has 1 fully saturated rings. The highest BCUT2D eigenvalue weighted by Crippen LogP contribution is 2.25. The van der Waals surface area contributed by atoms with Gasteiger partial charge in [0, 0.05) is 55.7 Å². The summed E-state index contributed by atoms with van der Waals surface area (Å²) < 4.78 is 21.4. The van der Waals surface area contributed by atoms with Crippen LogP contribution in [0.2, 0.25) is 0 Å². The van der Waals surface area contributed by atoms with Crippen LogP contribution in [0.4, 0.5) is 33.3 Å². The molecule has 0 bridgehead atoms. The van der Waals surface area contributed by atoms with Crippen LogP contribution in [0.15, 0.2) is 55.1 Å². The maximum atomic E-state index is 14.0. The summed E-state index contributed by atoms with van der Waals surface area (Å²) in [6.45, 7) is 2.70. The third-order valence-corrected chi connectivity index (χ3v) is 4.72. The Balaban J connectivity index is 1.48. The number of morpholine rings is 1. The fraction of sp³-hybridized carbons (Fsp3) is 0.200. The lowest BCUT2D eigenvalue weighted by Crippen LogP contribution is -2.36. The van der Waals surface area contributed by atoms with Crippen LogP contribution in [0, 0.1) is 5.95 Å². The number of nitrogens with one attached hydrogen (secondary N) is 2. The molecule has 4 aromatic heterocycles. The predicted octanol–water partition coefficient (Wildman–Crippen LogP) is 2.98. The molecule has 0 spiro atoms. The Morgan fingerprint density at radius 2 is 1.87 bits per heavy atom. The van der Waals surface area contributed by atoms with Gasteiger partial charge >= 0.3 is 0 Å². The van der Waals surface area contributed by atoms with Crippen molar-refractivity contribution in [2.45, 2.75) is 0 Å². The van der Waals surface area contributed by atoms with Gasteiger partial charge in [0.25, 0.3) is 0 Å². The van der Waals surface area contributed by atoms with Gasteiger partial charge in [0.2, 0.25) is 11.9 Å². The van der Waals surface area contributed by atoms with Crippen LogP contribution >= 0.6 is 0 Å². The van der Waals surface area contributed by atoms with Crippen molar-refractivity contribution in [3.8, 4) is 0 Å². The van der Waals surface area contributed by atoms with Crippen molar-refractivity contribution in [1.29, 1.82) is 0 Å². The Morgan fingerprint density at radius 1 is 0.967 bits per heavy atom. The Morgan fingerprint density at radius 3 is 2.73 bits per heavy atom. The summed E-state index contributed by atoms with van der Waals surface area (Å²) in [5, 5.41) is 6.22. The van der Waals surface area contributed by atoms with Gasteiger partial charge in [-0.05, 0) is 18.2 Å². The van der Waals surface area contributed by atoms with Crippen molar-refractivity contribution in [2.75, 3.05) is 41.8 Å². The summed E-state index contributed by atoms with van der Waals surface area (Å²) in [7, 11) is 0. The van der Waals surface area contributed by atoms with Gasteiger partial charge < -0.3 is 24.7 Å². The Bertz CT molecular complexity index is 1170. The largest absolute Gasteiger partial charge is 0.378 e. The Hall–Kier alpha value is -3.79. The molecule has 0 atom stereocenters. The molecule has 1 saturated heterocycles. The van der Waals surface area contributed by atoms with E-state index in [1.165, 1.54) is 6.20 Å². The summed E-state index contributed by atoms with van der Waals surface area (Å²) in [6.07, 6.45) is 6.93. The number of anilines is 5. The fourth-order valence-corrected chi connectivity index (χ4v) is 3.24. The molecule has 1 aliphatic rings. The van der Waals surface area contributed by atoms with E-state index in [2.05, 4.69) is 35.5 Å². The van der Waals surface area contributed by atoms with E-state index in [1.807, 2.05) is 35.0 Å². The molecule has 0 aromatic carbocycles. The van der Waals surface area contributed by atoms with Gasteiger partial charge in [-0.25, -0.2) is 9.97 Å². The molecule has 5 rings (SSSR count). The van der Waals surface area contributed by atoms with E-state index < -0.39 is 5.95 Å². The zero-order valence-corrected chi connectivity index (χ0v) is 16.0. The number of aromatic nitrogens is 5. The van der Waals surface area contributed by atoms with E-state index in [0.717, 1.165) is 30.2 Å². The van der Waals surface area contributed by atoms with Gasteiger partial charge in [0.15, 0.2) is 0 Å². The number of nitrogens with zero attached hydrogens (tertiary/aromatic N) is 6. The van der Waals surface area contributed by atoms with Crippen LogP contribution < -0.4 is 15.5 Å². The minimum Gasteiger partial charge on any atom is -0.378 e. The summed E-state index contributed by atoms with van der Waals surface area (Å²) in [5.74, 6) is 0.964. The number of hydrogen-bond acceptors (Lipinski definition) is 8. The second-order valence-electron chi connectivity index (χ2n) is 6.73. The van der Waals surface area contributed by atoms with Crippen LogP contribution in [0.1, 0.15) is 0 Å². The molecule has 5 heterocycles. The number of imidazole rings is 1. The number of fused-ring (bicyclic) bond motifs is 1. The predicted molar refractivity (Wildman–Crippen MR) is 111 cm³/mol. The smallest absolute Gasteiger partial charge is 0.236 e. The van der Waals surface area contributed by atoms with Crippen LogP contribution in [-0.4, -0.2) is 50.6 Å². The minimum atomic E-state index is -0.614. The third-order valence-electron chi connectivity index (χ3n) is 4.72. The van der Waals surface area contributed by atoms with Crippen LogP contribution in [0.3, 0.4) is 0 Å². The van der Waals surface area contributed by atoms with Gasteiger partial charge in [0.1, 0.15) is 17.3 Å². The van der Waals surface area contributed by atoms with Gasteiger partial charge in [-0.2, -0.15) is 14.4 Å². The zero-order valence-electron chi connectivity index (χ0n) is 16.0. The summed E-state index contributed by atoms with van der Waals surface area (Å²) in [4.78, 5) is 19.2. The van der Waals surface area contributed by atoms with E-state index >= 15 is 0 Å². The first-order chi connectivity index (χ1) is 14.7. The van der Waals surface area contributed by atoms with Gasteiger partial charge in [-0.1, -0.05) is 0 Å².